The lowest BCUT2D eigenvalue weighted by Crippen LogP contribution is -2.42. The highest BCUT2D eigenvalue weighted by atomic mass is 16.2. The van der Waals surface area contributed by atoms with E-state index >= 15 is 0 Å². The zero-order chi connectivity index (χ0) is 21.8. The van der Waals surface area contributed by atoms with Crippen LogP contribution in [0.15, 0.2) is 60.9 Å². The minimum Gasteiger partial charge on any atom is -0.346 e. The van der Waals surface area contributed by atoms with E-state index in [1.165, 1.54) is 0 Å². The fraction of sp³-hybridized carbons (Fsp3) is 0.269. The van der Waals surface area contributed by atoms with E-state index in [9.17, 15) is 9.59 Å². The molecule has 2 aliphatic rings. The Morgan fingerprint density at radius 2 is 1.91 bits per heavy atom. The fourth-order valence-electron chi connectivity index (χ4n) is 5.30. The maximum atomic E-state index is 13.2. The van der Waals surface area contributed by atoms with Crippen LogP contribution >= 0.6 is 0 Å². The number of H-pyrrole nitrogens is 1. The van der Waals surface area contributed by atoms with Crippen LogP contribution in [-0.2, 0) is 4.79 Å². The molecular weight excluding hydrogens is 400 g/mol. The van der Waals surface area contributed by atoms with Gasteiger partial charge in [-0.05, 0) is 64.6 Å². The third kappa shape index (κ3) is 2.98. The van der Waals surface area contributed by atoms with Gasteiger partial charge in [-0.15, -0.1) is 0 Å². The molecule has 6 heteroatoms. The predicted molar refractivity (Wildman–Crippen MR) is 124 cm³/mol. The SMILES string of the molecule is CN1CC[C@@H]2CN(C(=O)c3ccc4cc(-c5ccnc6[nH]ccc56)ccc4c3)C[C@@H]2C1=O. The zero-order valence-electron chi connectivity index (χ0n) is 17.9. The van der Waals surface area contributed by atoms with E-state index in [0.29, 0.717) is 18.7 Å². The van der Waals surface area contributed by atoms with Crippen molar-refractivity contribution in [2.24, 2.45) is 11.8 Å². The molecule has 2 fully saturated rings. The monoisotopic (exact) mass is 424 g/mol. The average molecular weight is 425 g/mol. The number of amides is 2. The molecule has 2 saturated heterocycles. The number of aromatic nitrogens is 2. The Morgan fingerprint density at radius 1 is 1.06 bits per heavy atom. The maximum Gasteiger partial charge on any atom is 0.253 e. The Hall–Kier alpha value is -3.67. The number of nitrogens with zero attached hydrogens (tertiary/aromatic N) is 3. The minimum atomic E-state index is -0.0497. The van der Waals surface area contributed by atoms with Gasteiger partial charge in [0.2, 0.25) is 5.91 Å². The molecular formula is C26H24N4O2. The molecule has 32 heavy (non-hydrogen) atoms. The molecule has 6 nitrogen and oxygen atoms in total. The van der Waals surface area contributed by atoms with Crippen molar-refractivity contribution in [2.45, 2.75) is 6.42 Å². The van der Waals surface area contributed by atoms with E-state index in [4.69, 9.17) is 0 Å². The standard InChI is InChI=1S/C26H24N4O2/c1-29-11-8-20-14-30(15-23(20)26(29)32)25(31)19-5-3-16-12-18(4-2-17(16)13-19)21-6-9-27-24-22(21)7-10-28-24/h2-7,9-10,12-13,20,23H,8,11,14-15H2,1H3,(H,27,28)/t20-,23+/m1/s1. The number of rotatable bonds is 2. The van der Waals surface area contributed by atoms with Crippen LogP contribution in [0.4, 0.5) is 0 Å². The number of piperidine rings is 1. The first-order chi connectivity index (χ1) is 15.6. The van der Waals surface area contributed by atoms with Gasteiger partial charge in [0.05, 0.1) is 5.92 Å². The lowest BCUT2D eigenvalue weighted by molar-refractivity contribution is -0.137. The van der Waals surface area contributed by atoms with Crippen molar-refractivity contribution in [3.8, 4) is 11.1 Å². The van der Waals surface area contributed by atoms with Gasteiger partial charge >= 0.3 is 0 Å². The summed E-state index contributed by atoms with van der Waals surface area (Å²) in [7, 11) is 1.85. The van der Waals surface area contributed by atoms with Gasteiger partial charge in [-0.3, -0.25) is 9.59 Å². The van der Waals surface area contributed by atoms with Gasteiger partial charge in [0, 0.05) is 50.0 Å². The van der Waals surface area contributed by atoms with Crippen LogP contribution in [0.25, 0.3) is 32.9 Å². The van der Waals surface area contributed by atoms with Crippen molar-refractivity contribution >= 4 is 33.6 Å². The van der Waals surface area contributed by atoms with E-state index in [2.05, 4.69) is 28.2 Å². The van der Waals surface area contributed by atoms with E-state index < -0.39 is 0 Å². The number of hydrogen-bond donors (Lipinski definition) is 1. The maximum absolute atomic E-state index is 13.2. The first kappa shape index (κ1) is 19.0. The largest absolute Gasteiger partial charge is 0.346 e. The highest BCUT2D eigenvalue weighted by Gasteiger charge is 2.43. The van der Waals surface area contributed by atoms with Crippen LogP contribution in [-0.4, -0.2) is 58.3 Å². The summed E-state index contributed by atoms with van der Waals surface area (Å²) in [6.45, 7) is 1.99. The number of nitrogens with one attached hydrogen (secondary N) is 1. The molecule has 1 N–H and O–H groups in total. The van der Waals surface area contributed by atoms with Crippen LogP contribution < -0.4 is 0 Å². The Kier molecular flexibility index (Phi) is 4.28. The molecule has 4 heterocycles. The number of pyridine rings is 1. The minimum absolute atomic E-state index is 0.0176. The first-order valence-corrected chi connectivity index (χ1v) is 11.1. The molecule has 2 aromatic carbocycles. The number of carbonyl (C=O) groups excluding carboxylic acids is 2. The number of aromatic amines is 1. The van der Waals surface area contributed by atoms with E-state index in [0.717, 1.165) is 45.9 Å². The Bertz CT molecular complexity index is 1370. The normalized spacial score (nSPS) is 20.8. The Labute approximate surface area is 185 Å². The molecule has 4 aromatic rings. The van der Waals surface area contributed by atoms with Crippen LogP contribution in [0.3, 0.4) is 0 Å². The van der Waals surface area contributed by atoms with Crippen LogP contribution in [0, 0.1) is 11.8 Å². The van der Waals surface area contributed by atoms with E-state index in [1.807, 2.05) is 54.7 Å². The zero-order valence-corrected chi connectivity index (χ0v) is 17.9. The molecule has 2 aromatic heterocycles. The highest BCUT2D eigenvalue weighted by molar-refractivity contribution is 6.01. The molecule has 6 rings (SSSR count). The van der Waals surface area contributed by atoms with Gasteiger partial charge in [0.25, 0.3) is 5.91 Å². The molecule has 2 atom stereocenters. The number of fused-ring (bicyclic) bond motifs is 3. The molecule has 0 unspecified atom stereocenters. The molecule has 2 aliphatic heterocycles. The summed E-state index contributed by atoms with van der Waals surface area (Å²) in [6, 6.07) is 16.3. The van der Waals surface area contributed by atoms with Gasteiger partial charge in [-0.1, -0.05) is 18.2 Å². The number of benzene rings is 2. The van der Waals surface area contributed by atoms with Crippen molar-refractivity contribution < 1.29 is 9.59 Å². The lowest BCUT2D eigenvalue weighted by atomic mass is 9.88. The Balaban J connectivity index is 1.29. The van der Waals surface area contributed by atoms with Crippen molar-refractivity contribution in [3.05, 3.63) is 66.5 Å². The third-order valence-electron chi connectivity index (χ3n) is 7.12. The molecule has 0 aliphatic carbocycles. The van der Waals surface area contributed by atoms with Crippen molar-refractivity contribution in [2.75, 3.05) is 26.7 Å². The predicted octanol–water partition coefficient (Wildman–Crippen LogP) is 3.93. The lowest BCUT2D eigenvalue weighted by Gasteiger charge is -2.30. The first-order valence-electron chi connectivity index (χ1n) is 11.1. The second kappa shape index (κ2) is 7.19. The quantitative estimate of drug-likeness (QED) is 0.530. The molecule has 2 amide bonds. The summed E-state index contributed by atoms with van der Waals surface area (Å²) in [5, 5.41) is 3.21. The molecule has 0 bridgehead atoms. The molecule has 0 saturated carbocycles. The summed E-state index contributed by atoms with van der Waals surface area (Å²) in [5.41, 5.74) is 3.81. The van der Waals surface area contributed by atoms with Crippen molar-refractivity contribution in [3.63, 3.8) is 0 Å². The third-order valence-corrected chi connectivity index (χ3v) is 7.12. The van der Waals surface area contributed by atoms with Crippen molar-refractivity contribution in [1.29, 1.82) is 0 Å². The fourth-order valence-corrected chi connectivity index (χ4v) is 5.30. The topological polar surface area (TPSA) is 69.3 Å². The summed E-state index contributed by atoms with van der Waals surface area (Å²) >= 11 is 0. The van der Waals surface area contributed by atoms with Gasteiger partial charge in [-0.2, -0.15) is 0 Å². The molecule has 0 radical (unpaired) electrons. The van der Waals surface area contributed by atoms with Gasteiger partial charge in [-0.25, -0.2) is 4.98 Å². The summed E-state index contributed by atoms with van der Waals surface area (Å²) in [6.07, 6.45) is 4.69. The van der Waals surface area contributed by atoms with Crippen LogP contribution in [0.2, 0.25) is 0 Å². The van der Waals surface area contributed by atoms with E-state index in [1.54, 1.807) is 4.90 Å². The molecule has 160 valence electrons. The summed E-state index contributed by atoms with van der Waals surface area (Å²) < 4.78 is 0. The van der Waals surface area contributed by atoms with Crippen LogP contribution in [0.1, 0.15) is 16.8 Å². The highest BCUT2D eigenvalue weighted by Crippen LogP contribution is 2.33. The van der Waals surface area contributed by atoms with Gasteiger partial charge in [0.15, 0.2) is 0 Å². The second-order valence-electron chi connectivity index (χ2n) is 9.00. The van der Waals surface area contributed by atoms with Crippen LogP contribution in [0.5, 0.6) is 0 Å². The number of carbonyl (C=O) groups is 2. The second-order valence-corrected chi connectivity index (χ2v) is 9.00. The molecule has 0 spiro atoms. The summed E-state index contributed by atoms with van der Waals surface area (Å²) in [5.74, 6) is 0.432. The van der Waals surface area contributed by atoms with E-state index in [-0.39, 0.29) is 23.7 Å². The van der Waals surface area contributed by atoms with Crippen molar-refractivity contribution in [1.82, 2.24) is 19.8 Å². The van der Waals surface area contributed by atoms with Gasteiger partial charge in [0.1, 0.15) is 5.65 Å². The number of hydrogen-bond acceptors (Lipinski definition) is 3. The summed E-state index contributed by atoms with van der Waals surface area (Å²) in [4.78, 5) is 36.9. The average Bonchev–Trinajstić information content (AvgIpc) is 3.48. The van der Waals surface area contributed by atoms with Gasteiger partial charge < -0.3 is 14.8 Å². The Morgan fingerprint density at radius 3 is 2.81 bits per heavy atom. The smallest absolute Gasteiger partial charge is 0.253 e. The number of likely N-dealkylation sites (tertiary alicyclic amines) is 2.